The average Bonchev–Trinajstić information content (AvgIpc) is 2.81. The molecule has 0 aliphatic heterocycles. The summed E-state index contributed by atoms with van der Waals surface area (Å²) in [5, 5.41) is 5.76. The zero-order chi connectivity index (χ0) is 22.2. The Morgan fingerprint density at radius 3 is 2.62 bits per heavy atom. The van der Waals surface area contributed by atoms with Crippen LogP contribution in [0.2, 0.25) is 0 Å². The fraction of sp³-hybridized carbons (Fsp3) is 0.345. The molecule has 1 fully saturated rings. The molecule has 0 bridgehead atoms. The largest absolute Gasteiger partial charge is 0.356 e. The van der Waals surface area contributed by atoms with E-state index in [0.717, 1.165) is 12.8 Å². The van der Waals surface area contributed by atoms with Crippen LogP contribution in [0.25, 0.3) is 16.8 Å². The van der Waals surface area contributed by atoms with Gasteiger partial charge in [0.25, 0.3) is 0 Å². The number of rotatable bonds is 8. The van der Waals surface area contributed by atoms with E-state index < -0.39 is 0 Å². The van der Waals surface area contributed by atoms with Gasteiger partial charge in [-0.2, -0.15) is 0 Å². The van der Waals surface area contributed by atoms with Gasteiger partial charge in [-0.15, -0.1) is 0 Å². The average molecular weight is 537 g/mol. The molecule has 0 aromatic heterocycles. The number of carbonyl (C=O) groups excluding carboxylic acids is 1. The van der Waals surface area contributed by atoms with E-state index in [1.165, 1.54) is 63.1 Å². The molecular formula is C29H32INO. The Morgan fingerprint density at radius 2 is 1.81 bits per heavy atom. The summed E-state index contributed by atoms with van der Waals surface area (Å²) in [6.07, 6.45) is 13.2. The van der Waals surface area contributed by atoms with E-state index in [0.29, 0.717) is 18.9 Å². The smallest absolute Gasteiger partial charge is 0.220 e. The third kappa shape index (κ3) is 6.68. The SMILES string of the molecule is O=C(CC1CCCCC1)NCCc1cc(CC=Cc2ccccc2)cc2ccc(I)cc12. The third-order valence-electron chi connectivity index (χ3n) is 6.44. The summed E-state index contributed by atoms with van der Waals surface area (Å²) in [5.74, 6) is 0.809. The Kier molecular flexibility index (Phi) is 8.38. The number of benzene rings is 3. The summed E-state index contributed by atoms with van der Waals surface area (Å²) in [5.41, 5.74) is 3.86. The van der Waals surface area contributed by atoms with Crippen molar-refractivity contribution < 1.29 is 4.79 Å². The number of halogens is 1. The Bertz CT molecular complexity index is 1070. The minimum absolute atomic E-state index is 0.220. The van der Waals surface area contributed by atoms with E-state index in [1.54, 1.807) is 0 Å². The van der Waals surface area contributed by atoms with Gasteiger partial charge in [-0.25, -0.2) is 0 Å². The Morgan fingerprint density at radius 1 is 1.00 bits per heavy atom. The molecule has 0 heterocycles. The lowest BCUT2D eigenvalue weighted by atomic mass is 9.87. The first-order valence-electron chi connectivity index (χ1n) is 11.9. The molecular weight excluding hydrogens is 505 g/mol. The summed E-state index contributed by atoms with van der Waals surface area (Å²) in [4.78, 5) is 12.4. The van der Waals surface area contributed by atoms with Gasteiger partial charge in [0.05, 0.1) is 0 Å². The molecule has 3 heteroatoms. The summed E-state index contributed by atoms with van der Waals surface area (Å²) < 4.78 is 1.24. The molecule has 0 radical (unpaired) electrons. The Balaban J connectivity index is 1.42. The first-order chi connectivity index (χ1) is 15.7. The van der Waals surface area contributed by atoms with Gasteiger partial charge in [-0.1, -0.05) is 79.9 Å². The van der Waals surface area contributed by atoms with Gasteiger partial charge in [0.1, 0.15) is 0 Å². The maximum atomic E-state index is 12.4. The summed E-state index contributed by atoms with van der Waals surface area (Å²) in [6.45, 7) is 0.704. The van der Waals surface area contributed by atoms with Crippen molar-refractivity contribution in [3.63, 3.8) is 0 Å². The van der Waals surface area contributed by atoms with Crippen molar-refractivity contribution in [3.8, 4) is 0 Å². The molecule has 0 saturated heterocycles. The topological polar surface area (TPSA) is 29.1 Å². The maximum Gasteiger partial charge on any atom is 0.220 e. The van der Waals surface area contributed by atoms with E-state index in [1.807, 2.05) is 6.07 Å². The van der Waals surface area contributed by atoms with Gasteiger partial charge in [0.15, 0.2) is 0 Å². The molecule has 0 spiro atoms. The molecule has 2 nitrogen and oxygen atoms in total. The second-order valence-corrected chi connectivity index (χ2v) is 10.2. The van der Waals surface area contributed by atoms with Crippen LogP contribution in [0.15, 0.2) is 66.7 Å². The molecule has 1 amide bonds. The lowest BCUT2D eigenvalue weighted by Crippen LogP contribution is -2.28. The van der Waals surface area contributed by atoms with Crippen molar-refractivity contribution >= 4 is 45.3 Å². The molecule has 3 aromatic carbocycles. The van der Waals surface area contributed by atoms with Crippen LogP contribution in [-0.2, 0) is 17.6 Å². The first-order valence-corrected chi connectivity index (χ1v) is 12.9. The second kappa shape index (κ2) is 11.6. The molecule has 1 aliphatic carbocycles. The highest BCUT2D eigenvalue weighted by Gasteiger charge is 2.16. The van der Waals surface area contributed by atoms with Crippen LogP contribution in [-0.4, -0.2) is 12.5 Å². The Hall–Kier alpha value is -2.14. The van der Waals surface area contributed by atoms with Gasteiger partial charge in [-0.3, -0.25) is 4.79 Å². The van der Waals surface area contributed by atoms with Crippen LogP contribution in [0.3, 0.4) is 0 Å². The van der Waals surface area contributed by atoms with Gasteiger partial charge in [0.2, 0.25) is 5.91 Å². The summed E-state index contributed by atoms with van der Waals surface area (Å²) in [6, 6.07) is 21.7. The minimum atomic E-state index is 0.220. The van der Waals surface area contributed by atoms with Gasteiger partial charge in [0, 0.05) is 16.5 Å². The molecule has 0 atom stereocenters. The highest BCUT2D eigenvalue weighted by Crippen LogP contribution is 2.27. The first kappa shape index (κ1) is 23.0. The van der Waals surface area contributed by atoms with E-state index in [2.05, 4.69) is 94.7 Å². The molecule has 4 rings (SSSR count). The van der Waals surface area contributed by atoms with Gasteiger partial charge >= 0.3 is 0 Å². The van der Waals surface area contributed by atoms with Crippen molar-refractivity contribution in [2.24, 2.45) is 5.92 Å². The fourth-order valence-electron chi connectivity index (χ4n) is 4.76. The van der Waals surface area contributed by atoms with Crippen molar-refractivity contribution in [2.75, 3.05) is 6.54 Å². The molecule has 0 unspecified atom stereocenters. The van der Waals surface area contributed by atoms with E-state index in [9.17, 15) is 4.79 Å². The van der Waals surface area contributed by atoms with E-state index >= 15 is 0 Å². The van der Waals surface area contributed by atoms with Crippen LogP contribution in [0.1, 0.15) is 55.2 Å². The van der Waals surface area contributed by atoms with Crippen molar-refractivity contribution in [1.82, 2.24) is 5.32 Å². The van der Waals surface area contributed by atoms with Crippen LogP contribution >= 0.6 is 22.6 Å². The number of carbonyl (C=O) groups is 1. The lowest BCUT2D eigenvalue weighted by Gasteiger charge is -2.20. The molecule has 1 N–H and O–H groups in total. The monoisotopic (exact) mass is 537 g/mol. The molecule has 166 valence electrons. The number of nitrogens with one attached hydrogen (secondary N) is 1. The zero-order valence-electron chi connectivity index (χ0n) is 18.7. The number of allylic oxidation sites excluding steroid dienone is 1. The molecule has 1 saturated carbocycles. The molecule has 32 heavy (non-hydrogen) atoms. The normalized spacial score (nSPS) is 14.8. The highest BCUT2D eigenvalue weighted by molar-refractivity contribution is 14.1. The summed E-state index contributed by atoms with van der Waals surface area (Å²) in [7, 11) is 0. The minimum Gasteiger partial charge on any atom is -0.356 e. The fourth-order valence-corrected chi connectivity index (χ4v) is 5.25. The van der Waals surface area contributed by atoms with Crippen molar-refractivity contribution in [1.29, 1.82) is 0 Å². The predicted octanol–water partition coefficient (Wildman–Crippen LogP) is 7.33. The number of hydrogen-bond donors (Lipinski definition) is 1. The lowest BCUT2D eigenvalue weighted by molar-refractivity contribution is -0.122. The maximum absolute atomic E-state index is 12.4. The van der Waals surface area contributed by atoms with E-state index in [-0.39, 0.29) is 5.91 Å². The quantitative estimate of drug-likeness (QED) is 0.300. The molecule has 1 aliphatic rings. The van der Waals surface area contributed by atoms with Crippen molar-refractivity contribution in [3.05, 3.63) is 87.0 Å². The number of amides is 1. The number of hydrogen-bond acceptors (Lipinski definition) is 1. The van der Waals surface area contributed by atoms with Crippen LogP contribution in [0.4, 0.5) is 0 Å². The van der Waals surface area contributed by atoms with Crippen LogP contribution in [0.5, 0.6) is 0 Å². The second-order valence-electron chi connectivity index (χ2n) is 8.95. The van der Waals surface area contributed by atoms with Crippen LogP contribution in [0, 0.1) is 9.49 Å². The molecule has 3 aromatic rings. The zero-order valence-corrected chi connectivity index (χ0v) is 20.8. The summed E-state index contributed by atoms with van der Waals surface area (Å²) >= 11 is 2.38. The van der Waals surface area contributed by atoms with Gasteiger partial charge < -0.3 is 5.32 Å². The van der Waals surface area contributed by atoms with Crippen molar-refractivity contribution in [2.45, 2.75) is 51.4 Å². The number of fused-ring (bicyclic) bond motifs is 1. The third-order valence-corrected chi connectivity index (χ3v) is 7.11. The van der Waals surface area contributed by atoms with Gasteiger partial charge in [-0.05, 0) is 93.8 Å². The Labute approximate surface area is 205 Å². The van der Waals surface area contributed by atoms with Crippen LogP contribution < -0.4 is 5.32 Å². The van der Waals surface area contributed by atoms with E-state index in [4.69, 9.17) is 0 Å². The predicted molar refractivity (Wildman–Crippen MR) is 144 cm³/mol. The standard InChI is InChI=1S/C29H32INO/c30-27-15-14-25-18-24(13-7-12-22-8-3-1-4-9-22)19-26(28(25)21-27)16-17-31-29(32)20-23-10-5-2-6-11-23/h1,3-4,7-9,12,14-15,18-19,21,23H,2,5-6,10-11,13,16-17,20H2,(H,31,32). The highest BCUT2D eigenvalue weighted by atomic mass is 127.